The van der Waals surface area contributed by atoms with E-state index in [0.29, 0.717) is 23.7 Å². The minimum atomic E-state index is -0.867. The molecule has 0 bridgehead atoms. The van der Waals surface area contributed by atoms with Crippen molar-refractivity contribution in [1.82, 2.24) is 0 Å². The van der Waals surface area contributed by atoms with Gasteiger partial charge in [0.2, 0.25) is 0 Å². The lowest BCUT2D eigenvalue weighted by atomic mass is 10.0. The van der Waals surface area contributed by atoms with Gasteiger partial charge in [0.25, 0.3) is 5.91 Å². The Hall–Kier alpha value is -3.80. The number of aryl methyl sites for hydroxylation is 1. The number of carbonyl (C=O) groups is 2. The van der Waals surface area contributed by atoms with Crippen LogP contribution in [0.4, 0.5) is 11.4 Å². The van der Waals surface area contributed by atoms with E-state index in [2.05, 4.69) is 61.4 Å². The first-order valence-corrected chi connectivity index (χ1v) is 12.4. The maximum atomic E-state index is 13.0. The van der Waals surface area contributed by atoms with Crippen molar-refractivity contribution in [3.63, 3.8) is 0 Å². The van der Waals surface area contributed by atoms with Gasteiger partial charge in [0.15, 0.2) is 0 Å². The average Bonchev–Trinajstić information content (AvgIpc) is 2.84. The van der Waals surface area contributed by atoms with Gasteiger partial charge >= 0.3 is 5.97 Å². The van der Waals surface area contributed by atoms with Crippen LogP contribution in [0.15, 0.2) is 66.7 Å². The van der Waals surface area contributed by atoms with Crippen molar-refractivity contribution in [3.8, 4) is 5.75 Å². The van der Waals surface area contributed by atoms with E-state index in [1.807, 2.05) is 19.1 Å². The summed E-state index contributed by atoms with van der Waals surface area (Å²) in [6.45, 7) is 7.46. The van der Waals surface area contributed by atoms with Crippen LogP contribution in [0.5, 0.6) is 5.75 Å². The van der Waals surface area contributed by atoms with E-state index in [4.69, 9.17) is 9.84 Å². The topological polar surface area (TPSA) is 78.9 Å². The summed E-state index contributed by atoms with van der Waals surface area (Å²) in [6, 6.07) is 21.8. The number of nitrogens with one attached hydrogen (secondary N) is 1. The number of ether oxygens (including phenoxy) is 1. The molecule has 0 heterocycles. The minimum Gasteiger partial charge on any atom is -0.493 e. The van der Waals surface area contributed by atoms with Gasteiger partial charge in [0.1, 0.15) is 5.75 Å². The summed E-state index contributed by atoms with van der Waals surface area (Å²) in [4.78, 5) is 25.9. The van der Waals surface area contributed by atoms with Gasteiger partial charge in [-0.1, -0.05) is 50.2 Å². The molecule has 0 aliphatic heterocycles. The number of para-hydroxylation sites is 1. The monoisotopic (exact) mass is 488 g/mol. The molecule has 0 aliphatic carbocycles. The Morgan fingerprint density at radius 1 is 1.00 bits per heavy atom. The Morgan fingerprint density at radius 2 is 1.69 bits per heavy atom. The number of carbonyl (C=O) groups excluding carboxylic acids is 1. The number of amides is 1. The van der Waals surface area contributed by atoms with E-state index >= 15 is 0 Å². The maximum absolute atomic E-state index is 13.0. The van der Waals surface area contributed by atoms with Crippen molar-refractivity contribution in [2.24, 2.45) is 5.92 Å². The molecule has 3 rings (SSSR count). The number of hydrogen-bond donors (Lipinski definition) is 2. The molecular formula is C30H36N2O4. The number of aliphatic carboxylic acids is 1. The van der Waals surface area contributed by atoms with E-state index < -0.39 is 5.97 Å². The fourth-order valence-electron chi connectivity index (χ4n) is 4.02. The highest BCUT2D eigenvalue weighted by Gasteiger charge is 2.14. The molecular weight excluding hydrogens is 452 g/mol. The third-order valence-corrected chi connectivity index (χ3v) is 5.91. The molecule has 0 radical (unpaired) electrons. The molecule has 1 amide bonds. The zero-order valence-corrected chi connectivity index (χ0v) is 21.6. The van der Waals surface area contributed by atoms with Crippen LogP contribution in [0, 0.1) is 12.8 Å². The van der Waals surface area contributed by atoms with E-state index in [0.717, 1.165) is 29.9 Å². The Bertz CT molecular complexity index is 1170. The second-order valence-electron chi connectivity index (χ2n) is 9.57. The normalized spacial score (nSPS) is 10.8. The summed E-state index contributed by atoms with van der Waals surface area (Å²) < 4.78 is 5.68. The van der Waals surface area contributed by atoms with Gasteiger partial charge in [0.05, 0.1) is 12.2 Å². The number of rotatable bonds is 12. The maximum Gasteiger partial charge on any atom is 0.303 e. The lowest BCUT2D eigenvalue weighted by Crippen LogP contribution is -2.17. The van der Waals surface area contributed by atoms with E-state index in [1.54, 1.807) is 24.3 Å². The Labute approximate surface area is 213 Å². The van der Waals surface area contributed by atoms with Crippen molar-refractivity contribution >= 4 is 23.3 Å². The standard InChI is InChI=1S/C30H36N2O4/c1-21(2)18-23-11-13-24(14-12-23)20-32(4)25-15-16-27(22(3)19-25)31-30(35)26-8-5-6-9-28(26)36-17-7-10-29(33)34/h5-6,8-9,11-16,19,21H,7,10,17-18,20H2,1-4H3,(H,31,35)(H,33,34). The predicted molar refractivity (Wildman–Crippen MR) is 145 cm³/mol. The third-order valence-electron chi connectivity index (χ3n) is 5.91. The van der Waals surface area contributed by atoms with Gasteiger partial charge in [0, 0.05) is 31.4 Å². The van der Waals surface area contributed by atoms with E-state index in [1.165, 1.54) is 11.1 Å². The summed E-state index contributed by atoms with van der Waals surface area (Å²) in [5, 5.41) is 11.8. The van der Waals surface area contributed by atoms with Gasteiger partial charge in [-0.3, -0.25) is 9.59 Å². The van der Waals surface area contributed by atoms with E-state index in [9.17, 15) is 9.59 Å². The smallest absolute Gasteiger partial charge is 0.303 e. The first-order chi connectivity index (χ1) is 17.2. The number of carboxylic acids is 1. The molecule has 36 heavy (non-hydrogen) atoms. The second kappa shape index (κ2) is 12.8. The van der Waals surface area contributed by atoms with Crippen molar-refractivity contribution in [2.75, 3.05) is 23.9 Å². The van der Waals surface area contributed by atoms with Crippen LogP contribution in [0.2, 0.25) is 0 Å². The first-order valence-electron chi connectivity index (χ1n) is 12.4. The molecule has 6 heteroatoms. The van der Waals surface area contributed by atoms with Crippen LogP contribution in [0.1, 0.15) is 53.7 Å². The quantitative estimate of drug-likeness (QED) is 0.291. The molecule has 2 N–H and O–H groups in total. The molecule has 0 unspecified atom stereocenters. The van der Waals surface area contributed by atoms with Crippen LogP contribution in [0.25, 0.3) is 0 Å². The van der Waals surface area contributed by atoms with Gasteiger partial charge < -0.3 is 20.1 Å². The molecule has 0 aliphatic rings. The number of carboxylic acid groups (broad SMARTS) is 1. The molecule has 0 saturated carbocycles. The third kappa shape index (κ3) is 7.87. The van der Waals surface area contributed by atoms with Crippen LogP contribution in [0.3, 0.4) is 0 Å². The lowest BCUT2D eigenvalue weighted by Gasteiger charge is -2.21. The Morgan fingerprint density at radius 3 is 2.36 bits per heavy atom. The zero-order chi connectivity index (χ0) is 26.1. The summed E-state index contributed by atoms with van der Waals surface area (Å²) in [5.41, 5.74) is 5.78. The predicted octanol–water partition coefficient (Wildman–Crippen LogP) is 6.33. The fourth-order valence-corrected chi connectivity index (χ4v) is 4.02. The number of nitrogens with zero attached hydrogens (tertiary/aromatic N) is 1. The van der Waals surface area contributed by atoms with Crippen molar-refractivity contribution in [3.05, 3.63) is 89.0 Å². The summed E-state index contributed by atoms with van der Waals surface area (Å²) >= 11 is 0. The fraction of sp³-hybridized carbons (Fsp3) is 0.333. The molecule has 0 aromatic heterocycles. The SMILES string of the molecule is Cc1cc(N(C)Cc2ccc(CC(C)C)cc2)ccc1NC(=O)c1ccccc1OCCCC(=O)O. The van der Waals surface area contributed by atoms with Gasteiger partial charge in [-0.05, 0) is 72.7 Å². The van der Waals surface area contributed by atoms with Gasteiger partial charge in [-0.15, -0.1) is 0 Å². The summed E-state index contributed by atoms with van der Waals surface area (Å²) in [6.07, 6.45) is 1.49. The molecule has 3 aromatic rings. The molecule has 190 valence electrons. The highest BCUT2D eigenvalue weighted by atomic mass is 16.5. The van der Waals surface area contributed by atoms with Crippen molar-refractivity contribution < 1.29 is 19.4 Å². The number of anilines is 2. The van der Waals surface area contributed by atoms with Crippen molar-refractivity contribution in [2.45, 2.75) is 46.6 Å². The summed E-state index contributed by atoms with van der Waals surface area (Å²) in [7, 11) is 2.06. The first kappa shape index (κ1) is 26.8. The molecule has 0 fully saturated rings. The molecule has 3 aromatic carbocycles. The average molecular weight is 489 g/mol. The Balaban J connectivity index is 1.63. The molecule has 0 spiro atoms. The molecule has 0 atom stereocenters. The highest BCUT2D eigenvalue weighted by molar-refractivity contribution is 6.06. The Kier molecular flexibility index (Phi) is 9.51. The van der Waals surface area contributed by atoms with Gasteiger partial charge in [-0.2, -0.15) is 0 Å². The van der Waals surface area contributed by atoms with Crippen LogP contribution in [-0.4, -0.2) is 30.6 Å². The molecule has 6 nitrogen and oxygen atoms in total. The molecule has 0 saturated heterocycles. The van der Waals surface area contributed by atoms with E-state index in [-0.39, 0.29) is 18.9 Å². The van der Waals surface area contributed by atoms with Crippen molar-refractivity contribution in [1.29, 1.82) is 0 Å². The summed E-state index contributed by atoms with van der Waals surface area (Å²) in [5.74, 6) is -0.0533. The van der Waals surface area contributed by atoms with Crippen LogP contribution < -0.4 is 15.0 Å². The highest BCUT2D eigenvalue weighted by Crippen LogP contribution is 2.26. The van der Waals surface area contributed by atoms with Crippen LogP contribution >= 0.6 is 0 Å². The number of hydrogen-bond acceptors (Lipinski definition) is 4. The zero-order valence-electron chi connectivity index (χ0n) is 21.6. The minimum absolute atomic E-state index is 0.0256. The largest absolute Gasteiger partial charge is 0.493 e. The second-order valence-corrected chi connectivity index (χ2v) is 9.57. The van der Waals surface area contributed by atoms with Gasteiger partial charge in [-0.25, -0.2) is 0 Å². The number of benzene rings is 3. The lowest BCUT2D eigenvalue weighted by molar-refractivity contribution is -0.137. The van der Waals surface area contributed by atoms with Crippen LogP contribution in [-0.2, 0) is 17.8 Å².